The van der Waals surface area contributed by atoms with Crippen LogP contribution in [0.25, 0.3) is 10.4 Å². The van der Waals surface area contributed by atoms with Gasteiger partial charge in [-0.05, 0) is 47.5 Å². The van der Waals surface area contributed by atoms with Crippen molar-refractivity contribution < 1.29 is 18.7 Å². The lowest BCUT2D eigenvalue weighted by atomic mass is 10.0. The quantitative estimate of drug-likeness (QED) is 0.593. The molecular formula is C24H25FN2O3S. The van der Waals surface area contributed by atoms with E-state index in [2.05, 4.69) is 10.2 Å². The van der Waals surface area contributed by atoms with Crippen molar-refractivity contribution in [1.82, 2.24) is 10.2 Å². The van der Waals surface area contributed by atoms with Gasteiger partial charge in [0, 0.05) is 24.5 Å². The highest BCUT2D eigenvalue weighted by atomic mass is 32.1. The Labute approximate surface area is 185 Å². The van der Waals surface area contributed by atoms with Gasteiger partial charge in [-0.1, -0.05) is 24.3 Å². The first-order chi connectivity index (χ1) is 15.1. The van der Waals surface area contributed by atoms with E-state index < -0.39 is 0 Å². The van der Waals surface area contributed by atoms with E-state index in [1.165, 1.54) is 23.5 Å². The molecule has 0 bridgehead atoms. The molecular weight excluding hydrogens is 415 g/mol. The van der Waals surface area contributed by atoms with Crippen LogP contribution in [0.3, 0.4) is 0 Å². The van der Waals surface area contributed by atoms with Crippen LogP contribution in [0.2, 0.25) is 0 Å². The van der Waals surface area contributed by atoms with Gasteiger partial charge >= 0.3 is 0 Å². The third-order valence-electron chi connectivity index (χ3n) is 5.40. The highest BCUT2D eigenvalue weighted by molar-refractivity contribution is 7.17. The molecule has 1 aliphatic heterocycles. The zero-order chi connectivity index (χ0) is 21.6. The summed E-state index contributed by atoms with van der Waals surface area (Å²) in [5, 5.41) is 3.10. The number of methoxy groups -OCH3 is 1. The first-order valence-electron chi connectivity index (χ1n) is 10.2. The molecule has 0 unspecified atom stereocenters. The zero-order valence-corrected chi connectivity index (χ0v) is 18.2. The number of benzene rings is 2. The molecule has 0 spiro atoms. The number of ether oxygens (including phenoxy) is 2. The molecule has 1 aliphatic rings. The standard InChI is InChI=1S/C24H25FN2O3S/c1-29-20-8-4-17(5-9-20)21(27-12-14-30-15-13-27)16-26-24(28)23-11-10-22(31-23)18-2-6-19(25)7-3-18/h2-11,21H,12-16H2,1H3,(H,26,28)/t21-/m1/s1. The summed E-state index contributed by atoms with van der Waals surface area (Å²) in [5.41, 5.74) is 2.02. The first kappa shape index (κ1) is 21.5. The van der Waals surface area contributed by atoms with Crippen LogP contribution in [0.1, 0.15) is 21.3 Å². The summed E-state index contributed by atoms with van der Waals surface area (Å²) < 4.78 is 23.9. The molecule has 0 aliphatic carbocycles. The summed E-state index contributed by atoms with van der Waals surface area (Å²) in [6, 6.07) is 18.0. The van der Waals surface area contributed by atoms with Crippen LogP contribution < -0.4 is 10.1 Å². The maximum absolute atomic E-state index is 13.2. The molecule has 2 heterocycles. The van der Waals surface area contributed by atoms with Crippen molar-refractivity contribution in [2.24, 2.45) is 0 Å². The molecule has 1 amide bonds. The molecule has 31 heavy (non-hydrogen) atoms. The predicted molar refractivity (Wildman–Crippen MR) is 120 cm³/mol. The number of carbonyl (C=O) groups is 1. The fourth-order valence-electron chi connectivity index (χ4n) is 3.68. The molecule has 1 saturated heterocycles. The van der Waals surface area contributed by atoms with Gasteiger partial charge < -0.3 is 14.8 Å². The molecule has 3 aromatic rings. The van der Waals surface area contributed by atoms with E-state index in [-0.39, 0.29) is 17.8 Å². The Kier molecular flexibility index (Phi) is 6.96. The number of carbonyl (C=O) groups excluding carboxylic acids is 1. The summed E-state index contributed by atoms with van der Waals surface area (Å²) in [5.74, 6) is 0.427. The highest BCUT2D eigenvalue weighted by Crippen LogP contribution is 2.29. The number of hydrogen-bond donors (Lipinski definition) is 1. The van der Waals surface area contributed by atoms with Crippen molar-refractivity contribution in [2.75, 3.05) is 40.0 Å². The normalized spacial score (nSPS) is 15.4. The van der Waals surface area contributed by atoms with Gasteiger partial charge in [-0.2, -0.15) is 0 Å². The number of halogens is 1. The van der Waals surface area contributed by atoms with Gasteiger partial charge in [0.1, 0.15) is 11.6 Å². The maximum Gasteiger partial charge on any atom is 0.261 e. The van der Waals surface area contributed by atoms with Crippen LogP contribution in [-0.2, 0) is 4.74 Å². The number of amides is 1. The lowest BCUT2D eigenvalue weighted by Crippen LogP contribution is -2.43. The molecule has 0 saturated carbocycles. The minimum absolute atomic E-state index is 0.0512. The van der Waals surface area contributed by atoms with Crippen molar-refractivity contribution in [3.8, 4) is 16.2 Å². The third-order valence-corrected chi connectivity index (χ3v) is 6.53. The minimum atomic E-state index is -0.272. The summed E-state index contributed by atoms with van der Waals surface area (Å²) in [6.07, 6.45) is 0. The van der Waals surface area contributed by atoms with Gasteiger partial charge in [-0.25, -0.2) is 4.39 Å². The van der Waals surface area contributed by atoms with Gasteiger partial charge in [0.2, 0.25) is 0 Å². The lowest BCUT2D eigenvalue weighted by molar-refractivity contribution is 0.0162. The average molecular weight is 441 g/mol. The van der Waals surface area contributed by atoms with E-state index in [9.17, 15) is 9.18 Å². The molecule has 2 aromatic carbocycles. The smallest absolute Gasteiger partial charge is 0.261 e. The molecule has 7 heteroatoms. The van der Waals surface area contributed by atoms with Crippen LogP contribution in [0.15, 0.2) is 60.7 Å². The predicted octanol–water partition coefficient (Wildman–Crippen LogP) is 4.37. The van der Waals surface area contributed by atoms with Crippen LogP contribution in [0.4, 0.5) is 4.39 Å². The molecule has 0 radical (unpaired) electrons. The van der Waals surface area contributed by atoms with E-state index in [0.29, 0.717) is 24.6 Å². The summed E-state index contributed by atoms with van der Waals surface area (Å²) >= 11 is 1.40. The fourth-order valence-corrected chi connectivity index (χ4v) is 4.61. The molecule has 1 N–H and O–H groups in total. The van der Waals surface area contributed by atoms with E-state index >= 15 is 0 Å². The minimum Gasteiger partial charge on any atom is -0.497 e. The summed E-state index contributed by atoms with van der Waals surface area (Å²) in [6.45, 7) is 3.51. The van der Waals surface area contributed by atoms with E-state index in [1.54, 1.807) is 19.2 Å². The molecule has 4 rings (SSSR count). The van der Waals surface area contributed by atoms with Gasteiger partial charge in [0.05, 0.1) is 31.2 Å². The van der Waals surface area contributed by atoms with Crippen LogP contribution in [-0.4, -0.2) is 50.8 Å². The number of nitrogens with zero attached hydrogens (tertiary/aromatic N) is 1. The van der Waals surface area contributed by atoms with Crippen molar-refractivity contribution >= 4 is 17.2 Å². The van der Waals surface area contributed by atoms with Crippen molar-refractivity contribution in [3.63, 3.8) is 0 Å². The number of morpholine rings is 1. The summed E-state index contributed by atoms with van der Waals surface area (Å²) in [4.78, 5) is 16.7. The topological polar surface area (TPSA) is 50.8 Å². The first-order valence-corrected chi connectivity index (χ1v) is 11.1. The zero-order valence-electron chi connectivity index (χ0n) is 17.3. The Morgan fingerprint density at radius 2 is 1.81 bits per heavy atom. The second kappa shape index (κ2) is 10.0. The molecule has 1 aromatic heterocycles. The highest BCUT2D eigenvalue weighted by Gasteiger charge is 2.24. The fraction of sp³-hybridized carbons (Fsp3) is 0.292. The Morgan fingerprint density at radius 3 is 2.48 bits per heavy atom. The Bertz CT molecular complexity index is 998. The number of hydrogen-bond acceptors (Lipinski definition) is 5. The van der Waals surface area contributed by atoms with E-state index in [0.717, 1.165) is 34.8 Å². The Morgan fingerprint density at radius 1 is 1.10 bits per heavy atom. The molecule has 5 nitrogen and oxygen atoms in total. The number of thiophene rings is 1. The van der Waals surface area contributed by atoms with Gasteiger partial charge in [0.25, 0.3) is 5.91 Å². The average Bonchev–Trinajstić information content (AvgIpc) is 3.31. The third kappa shape index (κ3) is 5.31. The lowest BCUT2D eigenvalue weighted by Gasteiger charge is -2.35. The van der Waals surface area contributed by atoms with E-state index in [4.69, 9.17) is 9.47 Å². The van der Waals surface area contributed by atoms with Crippen LogP contribution in [0, 0.1) is 5.82 Å². The van der Waals surface area contributed by atoms with Gasteiger partial charge in [0.15, 0.2) is 0 Å². The number of rotatable bonds is 7. The van der Waals surface area contributed by atoms with Crippen LogP contribution >= 0.6 is 11.3 Å². The van der Waals surface area contributed by atoms with Gasteiger partial charge in [-0.15, -0.1) is 11.3 Å². The number of nitrogens with one attached hydrogen (secondary N) is 1. The van der Waals surface area contributed by atoms with Crippen molar-refractivity contribution in [2.45, 2.75) is 6.04 Å². The van der Waals surface area contributed by atoms with Gasteiger partial charge in [-0.3, -0.25) is 9.69 Å². The molecule has 1 fully saturated rings. The Hall–Kier alpha value is -2.74. The van der Waals surface area contributed by atoms with E-state index in [1.807, 2.05) is 36.4 Å². The van der Waals surface area contributed by atoms with Crippen molar-refractivity contribution in [1.29, 1.82) is 0 Å². The monoisotopic (exact) mass is 440 g/mol. The van der Waals surface area contributed by atoms with Crippen LogP contribution in [0.5, 0.6) is 5.75 Å². The summed E-state index contributed by atoms with van der Waals surface area (Å²) in [7, 11) is 1.65. The Balaban J connectivity index is 1.46. The van der Waals surface area contributed by atoms with Crippen molar-refractivity contribution in [3.05, 3.63) is 76.9 Å². The second-order valence-corrected chi connectivity index (χ2v) is 8.40. The largest absolute Gasteiger partial charge is 0.497 e. The second-order valence-electron chi connectivity index (χ2n) is 7.32. The maximum atomic E-state index is 13.2. The SMILES string of the molecule is COc1ccc([C@@H](CNC(=O)c2ccc(-c3ccc(F)cc3)s2)N2CCOCC2)cc1. The molecule has 1 atom stereocenters. The molecule has 162 valence electrons.